The fourth-order valence-corrected chi connectivity index (χ4v) is 3.48. The predicted octanol–water partition coefficient (Wildman–Crippen LogP) is 2.85. The zero-order valence-corrected chi connectivity index (χ0v) is 13.4. The predicted molar refractivity (Wildman–Crippen MR) is 82.7 cm³/mol. The summed E-state index contributed by atoms with van der Waals surface area (Å²) in [6, 6.07) is 6.75. The molecule has 1 saturated carbocycles. The highest BCUT2D eigenvalue weighted by Crippen LogP contribution is 2.26. The average molecular weight is 309 g/mol. The molecule has 0 spiro atoms. The van der Waals surface area contributed by atoms with Crippen molar-refractivity contribution in [1.82, 2.24) is 5.32 Å². The summed E-state index contributed by atoms with van der Waals surface area (Å²) < 4.78 is 22.9. The number of hydrogen-bond acceptors (Lipinski definition) is 3. The number of rotatable bonds is 5. The molecule has 0 bridgehead atoms. The molecule has 1 fully saturated rings. The molecule has 4 nitrogen and oxygen atoms in total. The van der Waals surface area contributed by atoms with Gasteiger partial charge in [-0.3, -0.25) is 4.79 Å². The Labute approximate surface area is 126 Å². The van der Waals surface area contributed by atoms with Crippen LogP contribution in [0.15, 0.2) is 29.2 Å². The molecule has 0 unspecified atom stereocenters. The van der Waals surface area contributed by atoms with Crippen LogP contribution in [0.2, 0.25) is 0 Å². The van der Waals surface area contributed by atoms with Crippen LogP contribution < -0.4 is 5.32 Å². The van der Waals surface area contributed by atoms with Gasteiger partial charge in [-0.05, 0) is 37.0 Å². The maximum Gasteiger partial charge on any atom is 0.223 e. The third kappa shape index (κ3) is 4.06. The molecule has 1 N–H and O–H groups in total. The van der Waals surface area contributed by atoms with Gasteiger partial charge in [-0.2, -0.15) is 0 Å². The maximum absolute atomic E-state index is 12.2. The Morgan fingerprint density at radius 2 is 1.81 bits per heavy atom. The third-order valence-corrected chi connectivity index (χ3v) is 5.29. The van der Waals surface area contributed by atoms with Crippen molar-refractivity contribution in [2.45, 2.75) is 50.0 Å². The molecule has 1 aromatic rings. The molecule has 2 rings (SSSR count). The molecular weight excluding hydrogens is 286 g/mol. The van der Waals surface area contributed by atoms with Crippen LogP contribution in [0.25, 0.3) is 0 Å². The first-order valence-corrected chi connectivity index (χ1v) is 9.41. The van der Waals surface area contributed by atoms with Crippen LogP contribution in [0.3, 0.4) is 0 Å². The summed E-state index contributed by atoms with van der Waals surface area (Å²) in [6.07, 6.45) is 6.22. The van der Waals surface area contributed by atoms with Crippen LogP contribution >= 0.6 is 0 Å². The highest BCUT2D eigenvalue weighted by molar-refractivity contribution is 7.90. The summed E-state index contributed by atoms with van der Waals surface area (Å²) >= 11 is 0. The lowest BCUT2D eigenvalue weighted by Crippen LogP contribution is -2.32. The molecule has 0 aromatic heterocycles. The Morgan fingerprint density at radius 1 is 1.24 bits per heavy atom. The second-order valence-electron chi connectivity index (χ2n) is 5.79. The zero-order chi connectivity index (χ0) is 15.5. The molecule has 21 heavy (non-hydrogen) atoms. The summed E-state index contributed by atoms with van der Waals surface area (Å²) in [5.74, 6) is 0.279. The van der Waals surface area contributed by atoms with Gasteiger partial charge in [0.2, 0.25) is 5.91 Å². The SMILES string of the molecule is CC[C@H](NC(=O)C1CCCC1)c1ccc(S(C)(=O)=O)cc1. The first-order chi connectivity index (χ1) is 9.91. The lowest BCUT2D eigenvalue weighted by Gasteiger charge is -2.20. The van der Waals surface area contributed by atoms with Gasteiger partial charge in [-0.1, -0.05) is 31.9 Å². The van der Waals surface area contributed by atoms with Gasteiger partial charge < -0.3 is 5.32 Å². The zero-order valence-electron chi connectivity index (χ0n) is 12.6. The van der Waals surface area contributed by atoms with Crippen molar-refractivity contribution in [3.63, 3.8) is 0 Å². The average Bonchev–Trinajstić information content (AvgIpc) is 2.98. The number of benzene rings is 1. The Hall–Kier alpha value is -1.36. The van der Waals surface area contributed by atoms with Gasteiger partial charge in [-0.25, -0.2) is 8.42 Å². The van der Waals surface area contributed by atoms with Gasteiger partial charge in [0.05, 0.1) is 10.9 Å². The third-order valence-electron chi connectivity index (χ3n) is 4.16. The van der Waals surface area contributed by atoms with Gasteiger partial charge in [-0.15, -0.1) is 0 Å². The Bertz CT molecular complexity index is 586. The van der Waals surface area contributed by atoms with Crippen molar-refractivity contribution in [3.8, 4) is 0 Å². The summed E-state index contributed by atoms with van der Waals surface area (Å²) in [6.45, 7) is 2.02. The quantitative estimate of drug-likeness (QED) is 0.909. The molecular formula is C16H23NO3S. The topological polar surface area (TPSA) is 63.2 Å². The minimum Gasteiger partial charge on any atom is -0.349 e. The van der Waals surface area contributed by atoms with Crippen molar-refractivity contribution in [2.75, 3.05) is 6.26 Å². The Balaban J connectivity index is 2.08. The minimum absolute atomic E-state index is 0.0493. The van der Waals surface area contributed by atoms with Crippen LogP contribution in [-0.4, -0.2) is 20.6 Å². The van der Waals surface area contributed by atoms with E-state index in [-0.39, 0.29) is 17.9 Å². The van der Waals surface area contributed by atoms with Gasteiger partial charge in [0.1, 0.15) is 0 Å². The van der Waals surface area contributed by atoms with E-state index in [1.165, 1.54) is 6.26 Å². The Morgan fingerprint density at radius 3 is 2.29 bits per heavy atom. The van der Waals surface area contributed by atoms with Crippen molar-refractivity contribution in [3.05, 3.63) is 29.8 Å². The van der Waals surface area contributed by atoms with E-state index in [0.717, 1.165) is 37.7 Å². The van der Waals surface area contributed by atoms with E-state index in [0.29, 0.717) is 4.90 Å². The Kier molecular flexibility index (Phi) is 5.04. The summed E-state index contributed by atoms with van der Waals surface area (Å²) in [5.41, 5.74) is 0.955. The van der Waals surface area contributed by atoms with Gasteiger partial charge >= 0.3 is 0 Å². The van der Waals surface area contributed by atoms with E-state index in [9.17, 15) is 13.2 Å². The maximum atomic E-state index is 12.2. The highest BCUT2D eigenvalue weighted by atomic mass is 32.2. The summed E-state index contributed by atoms with van der Waals surface area (Å²) in [7, 11) is -3.18. The number of amides is 1. The highest BCUT2D eigenvalue weighted by Gasteiger charge is 2.24. The van der Waals surface area contributed by atoms with Gasteiger partial charge in [0.25, 0.3) is 0 Å². The van der Waals surface area contributed by atoms with Crippen LogP contribution in [0.1, 0.15) is 50.6 Å². The fraction of sp³-hybridized carbons (Fsp3) is 0.562. The molecule has 0 radical (unpaired) electrons. The second kappa shape index (κ2) is 6.60. The lowest BCUT2D eigenvalue weighted by atomic mass is 10.0. The normalized spacial score (nSPS) is 17.6. The van der Waals surface area contributed by atoms with Crippen LogP contribution in [-0.2, 0) is 14.6 Å². The smallest absolute Gasteiger partial charge is 0.223 e. The molecule has 0 aliphatic heterocycles. The van der Waals surface area contributed by atoms with Gasteiger partial charge in [0.15, 0.2) is 9.84 Å². The monoisotopic (exact) mass is 309 g/mol. The summed E-state index contributed by atoms with van der Waals surface area (Å²) in [4.78, 5) is 12.5. The molecule has 5 heteroatoms. The molecule has 1 amide bonds. The number of nitrogens with one attached hydrogen (secondary N) is 1. The van der Waals surface area contributed by atoms with E-state index in [1.54, 1.807) is 24.3 Å². The number of carbonyl (C=O) groups is 1. The van der Waals surface area contributed by atoms with Crippen molar-refractivity contribution in [1.29, 1.82) is 0 Å². The van der Waals surface area contributed by atoms with Crippen LogP contribution in [0.4, 0.5) is 0 Å². The number of hydrogen-bond donors (Lipinski definition) is 1. The molecule has 1 atom stereocenters. The standard InChI is InChI=1S/C16H23NO3S/c1-3-15(17-16(18)13-6-4-5-7-13)12-8-10-14(11-9-12)21(2,19)20/h8-11,13,15H,3-7H2,1-2H3,(H,17,18)/t15-/m0/s1. The van der Waals surface area contributed by atoms with E-state index in [1.807, 2.05) is 6.92 Å². The molecule has 1 aromatic carbocycles. The molecule has 1 aliphatic rings. The number of sulfone groups is 1. The minimum atomic E-state index is -3.18. The largest absolute Gasteiger partial charge is 0.349 e. The van der Waals surface area contributed by atoms with E-state index in [4.69, 9.17) is 0 Å². The van der Waals surface area contributed by atoms with Crippen LogP contribution in [0.5, 0.6) is 0 Å². The fourth-order valence-electron chi connectivity index (χ4n) is 2.85. The molecule has 116 valence electrons. The molecule has 0 heterocycles. The first kappa shape index (κ1) is 16.0. The van der Waals surface area contributed by atoms with Crippen molar-refractivity contribution < 1.29 is 13.2 Å². The number of carbonyl (C=O) groups excluding carboxylic acids is 1. The van der Waals surface area contributed by atoms with Crippen molar-refractivity contribution >= 4 is 15.7 Å². The van der Waals surface area contributed by atoms with E-state index < -0.39 is 9.84 Å². The molecule has 0 saturated heterocycles. The van der Waals surface area contributed by atoms with E-state index >= 15 is 0 Å². The van der Waals surface area contributed by atoms with Crippen molar-refractivity contribution in [2.24, 2.45) is 5.92 Å². The van der Waals surface area contributed by atoms with E-state index in [2.05, 4.69) is 5.32 Å². The van der Waals surface area contributed by atoms with Gasteiger partial charge in [0, 0.05) is 12.2 Å². The summed E-state index contributed by atoms with van der Waals surface area (Å²) in [5, 5.41) is 3.09. The second-order valence-corrected chi connectivity index (χ2v) is 7.81. The first-order valence-electron chi connectivity index (χ1n) is 7.52. The lowest BCUT2D eigenvalue weighted by molar-refractivity contribution is -0.125. The molecule has 1 aliphatic carbocycles. The van der Waals surface area contributed by atoms with Crippen LogP contribution in [0, 0.1) is 5.92 Å².